The van der Waals surface area contributed by atoms with Crippen molar-refractivity contribution in [3.63, 3.8) is 0 Å². The summed E-state index contributed by atoms with van der Waals surface area (Å²) in [6.07, 6.45) is 12.9. The monoisotopic (exact) mass is 392 g/mol. The van der Waals surface area contributed by atoms with Crippen LogP contribution in [0.25, 0.3) is 0 Å². The Morgan fingerprint density at radius 3 is 1.82 bits per heavy atom. The van der Waals surface area contributed by atoms with Gasteiger partial charge in [-0.3, -0.25) is 4.79 Å². The van der Waals surface area contributed by atoms with Crippen LogP contribution in [0.4, 0.5) is 0 Å². The van der Waals surface area contributed by atoms with Crippen molar-refractivity contribution in [3.05, 3.63) is 0 Å². The first-order valence-electron chi connectivity index (χ1n) is 12.5. The lowest BCUT2D eigenvalue weighted by molar-refractivity contribution is -0.138. The smallest absolute Gasteiger partial charge is 0.225 e. The molecule has 0 unspecified atom stereocenters. The largest absolute Gasteiger partial charge is 0.342 e. The number of piperidine rings is 2. The van der Waals surface area contributed by atoms with E-state index in [-0.39, 0.29) is 0 Å². The fourth-order valence-corrected chi connectivity index (χ4v) is 5.73. The van der Waals surface area contributed by atoms with E-state index in [1.54, 1.807) is 0 Å². The van der Waals surface area contributed by atoms with Gasteiger partial charge in [0.2, 0.25) is 5.91 Å². The van der Waals surface area contributed by atoms with Crippen molar-refractivity contribution in [2.75, 3.05) is 33.2 Å². The Bertz CT molecular complexity index is 426. The molecule has 28 heavy (non-hydrogen) atoms. The highest BCUT2D eigenvalue weighted by molar-refractivity contribution is 5.79. The van der Waals surface area contributed by atoms with Crippen LogP contribution in [0, 0.1) is 29.6 Å². The normalized spacial score (nSPS) is 28.1. The van der Waals surface area contributed by atoms with Gasteiger partial charge in [-0.15, -0.1) is 0 Å². The molecule has 3 aliphatic rings. The summed E-state index contributed by atoms with van der Waals surface area (Å²) in [5.41, 5.74) is 0. The minimum atomic E-state index is 0.338. The van der Waals surface area contributed by atoms with E-state index in [1.165, 1.54) is 64.5 Å². The summed E-state index contributed by atoms with van der Waals surface area (Å²) in [5.74, 6) is 4.32. The minimum Gasteiger partial charge on any atom is -0.342 e. The molecule has 0 aromatic heterocycles. The Morgan fingerprint density at radius 2 is 1.29 bits per heavy atom. The van der Waals surface area contributed by atoms with Gasteiger partial charge in [-0.05, 0) is 108 Å². The van der Waals surface area contributed by atoms with Gasteiger partial charge in [0.1, 0.15) is 0 Å². The predicted octanol–water partition coefficient (Wildman–Crippen LogP) is 5.84. The van der Waals surface area contributed by atoms with Gasteiger partial charge >= 0.3 is 0 Å². The number of likely N-dealkylation sites (tertiary alicyclic amines) is 2. The highest BCUT2D eigenvalue weighted by atomic mass is 16.2. The molecule has 2 heterocycles. The summed E-state index contributed by atoms with van der Waals surface area (Å²) >= 11 is 0. The van der Waals surface area contributed by atoms with E-state index in [0.29, 0.717) is 11.8 Å². The van der Waals surface area contributed by atoms with Crippen LogP contribution < -0.4 is 0 Å². The van der Waals surface area contributed by atoms with E-state index >= 15 is 0 Å². The number of carbonyl (C=O) groups excluding carboxylic acids is 1. The molecular weight excluding hydrogens is 344 g/mol. The quantitative estimate of drug-likeness (QED) is 0.587. The Kier molecular flexibility index (Phi) is 10.3. The molecule has 164 valence electrons. The second-order valence-corrected chi connectivity index (χ2v) is 10.1. The number of rotatable bonds is 5. The minimum absolute atomic E-state index is 0.338. The van der Waals surface area contributed by atoms with Crippen molar-refractivity contribution < 1.29 is 4.79 Å². The van der Waals surface area contributed by atoms with Gasteiger partial charge in [0.05, 0.1) is 0 Å². The lowest BCUT2D eigenvalue weighted by atomic mass is 9.76. The van der Waals surface area contributed by atoms with Gasteiger partial charge in [-0.1, -0.05) is 27.7 Å². The van der Waals surface area contributed by atoms with E-state index in [2.05, 4.69) is 30.7 Å². The Morgan fingerprint density at radius 1 is 0.786 bits per heavy atom. The zero-order valence-corrected chi connectivity index (χ0v) is 19.6. The van der Waals surface area contributed by atoms with Gasteiger partial charge in [0, 0.05) is 19.0 Å². The third kappa shape index (κ3) is 7.35. The summed E-state index contributed by atoms with van der Waals surface area (Å²) in [4.78, 5) is 17.6. The van der Waals surface area contributed by atoms with E-state index in [4.69, 9.17) is 0 Å². The molecule has 2 saturated heterocycles. The first-order valence-corrected chi connectivity index (χ1v) is 12.5. The second-order valence-electron chi connectivity index (χ2n) is 10.1. The molecule has 0 N–H and O–H groups in total. The van der Waals surface area contributed by atoms with Gasteiger partial charge in [-0.25, -0.2) is 0 Å². The number of hydrogen-bond donors (Lipinski definition) is 0. The molecule has 1 aliphatic carbocycles. The van der Waals surface area contributed by atoms with Crippen LogP contribution in [0.5, 0.6) is 0 Å². The lowest BCUT2D eigenvalue weighted by Gasteiger charge is -2.38. The summed E-state index contributed by atoms with van der Waals surface area (Å²) in [7, 11) is 2.25. The fraction of sp³-hybridized carbons (Fsp3) is 0.960. The van der Waals surface area contributed by atoms with Crippen molar-refractivity contribution in [2.45, 2.75) is 91.9 Å². The first-order chi connectivity index (χ1) is 13.5. The van der Waals surface area contributed by atoms with Crippen LogP contribution in [0.3, 0.4) is 0 Å². The Labute approximate surface area is 175 Å². The number of hydrogen-bond acceptors (Lipinski definition) is 2. The molecule has 0 aromatic carbocycles. The van der Waals surface area contributed by atoms with Crippen LogP contribution in [0.15, 0.2) is 0 Å². The van der Waals surface area contributed by atoms with Gasteiger partial charge < -0.3 is 9.80 Å². The van der Waals surface area contributed by atoms with Crippen molar-refractivity contribution >= 4 is 5.91 Å². The van der Waals surface area contributed by atoms with Gasteiger partial charge in [0.25, 0.3) is 0 Å². The van der Waals surface area contributed by atoms with E-state index in [9.17, 15) is 4.79 Å². The van der Waals surface area contributed by atoms with E-state index in [0.717, 1.165) is 49.6 Å². The van der Waals surface area contributed by atoms with Gasteiger partial charge in [0.15, 0.2) is 0 Å². The van der Waals surface area contributed by atoms with Crippen LogP contribution in [-0.2, 0) is 4.79 Å². The maximum atomic E-state index is 12.9. The summed E-state index contributed by atoms with van der Waals surface area (Å²) in [6, 6.07) is 0. The topological polar surface area (TPSA) is 23.6 Å². The predicted molar refractivity (Wildman–Crippen MR) is 120 cm³/mol. The molecule has 1 amide bonds. The number of nitrogens with zero attached hydrogens (tertiary/aromatic N) is 2. The van der Waals surface area contributed by atoms with Crippen LogP contribution in [-0.4, -0.2) is 48.9 Å². The molecule has 3 rings (SSSR count). The fourth-order valence-electron chi connectivity index (χ4n) is 5.73. The zero-order chi connectivity index (χ0) is 20.5. The second kappa shape index (κ2) is 12.2. The number of carbonyl (C=O) groups is 1. The molecule has 0 spiro atoms. The molecule has 3 fully saturated rings. The highest BCUT2D eigenvalue weighted by Gasteiger charge is 2.32. The Hall–Kier alpha value is -0.570. The third-order valence-corrected chi connectivity index (χ3v) is 7.43. The van der Waals surface area contributed by atoms with Crippen LogP contribution in [0.1, 0.15) is 91.9 Å². The Balaban J connectivity index is 0.00000136. The number of amides is 1. The molecule has 0 bridgehead atoms. The van der Waals surface area contributed by atoms with Crippen molar-refractivity contribution in [1.82, 2.24) is 9.80 Å². The highest BCUT2D eigenvalue weighted by Crippen LogP contribution is 2.36. The molecule has 3 nitrogen and oxygen atoms in total. The van der Waals surface area contributed by atoms with Crippen LogP contribution >= 0.6 is 0 Å². The van der Waals surface area contributed by atoms with Crippen molar-refractivity contribution in [2.24, 2.45) is 29.6 Å². The molecular formula is C25H48N2O. The lowest BCUT2D eigenvalue weighted by Crippen LogP contribution is -2.43. The molecule has 1 saturated carbocycles. The maximum absolute atomic E-state index is 12.9. The van der Waals surface area contributed by atoms with Crippen molar-refractivity contribution in [1.29, 1.82) is 0 Å². The first kappa shape index (κ1) is 23.7. The van der Waals surface area contributed by atoms with E-state index < -0.39 is 0 Å². The molecule has 3 heteroatoms. The van der Waals surface area contributed by atoms with Crippen LogP contribution in [0.2, 0.25) is 0 Å². The maximum Gasteiger partial charge on any atom is 0.225 e. The summed E-state index contributed by atoms with van der Waals surface area (Å²) < 4.78 is 0. The average molecular weight is 393 g/mol. The molecule has 0 atom stereocenters. The standard InChI is InChI=1S/C23H42N2O.C2H6/c1-18(2)16-20-10-14-25(15-11-20)23(26)22-6-4-19(5-7-22)17-21-8-12-24(3)13-9-21;1-2/h18-22H,4-17H2,1-3H3;1-2H3. The van der Waals surface area contributed by atoms with Crippen molar-refractivity contribution in [3.8, 4) is 0 Å². The van der Waals surface area contributed by atoms with Gasteiger partial charge in [-0.2, -0.15) is 0 Å². The van der Waals surface area contributed by atoms with E-state index in [1.807, 2.05) is 13.8 Å². The third-order valence-electron chi connectivity index (χ3n) is 7.43. The zero-order valence-electron chi connectivity index (χ0n) is 19.6. The molecule has 2 aliphatic heterocycles. The molecule has 0 radical (unpaired) electrons. The average Bonchev–Trinajstić information content (AvgIpc) is 2.71. The summed E-state index contributed by atoms with van der Waals surface area (Å²) in [5, 5.41) is 0. The molecule has 0 aromatic rings. The SMILES string of the molecule is CC.CC(C)CC1CCN(C(=O)C2CCC(CC3CCN(C)CC3)CC2)CC1. The summed E-state index contributed by atoms with van der Waals surface area (Å²) in [6.45, 7) is 13.2.